The molecule has 0 amide bonds. The van der Waals surface area contributed by atoms with Crippen molar-refractivity contribution in [3.63, 3.8) is 0 Å². The van der Waals surface area contributed by atoms with Crippen LogP contribution in [0.25, 0.3) is 0 Å². The molecule has 0 aliphatic carbocycles. The fourth-order valence-corrected chi connectivity index (χ4v) is 0. The molecule has 0 unspecified atom stereocenters. The zero-order chi connectivity index (χ0) is 5.58. The minimum absolute atomic E-state index is 0. The predicted octanol–water partition coefficient (Wildman–Crippen LogP) is -3.53. The van der Waals surface area contributed by atoms with Gasteiger partial charge >= 0.3 is 85.1 Å². The van der Waals surface area contributed by atoms with E-state index in [2.05, 4.69) is 0 Å². The van der Waals surface area contributed by atoms with Crippen molar-refractivity contribution in [3.05, 3.63) is 0 Å². The van der Waals surface area contributed by atoms with E-state index in [-0.39, 0.29) is 70.4 Å². The molecule has 0 saturated heterocycles. The van der Waals surface area contributed by atoms with Crippen molar-refractivity contribution in [3.8, 4) is 0 Å². The summed E-state index contributed by atoms with van der Waals surface area (Å²) in [5.74, 6) is 0. The largest absolute Gasteiger partial charge is 0 e. The van der Waals surface area contributed by atoms with Gasteiger partial charge in [0.1, 0.15) is 0 Å². The molecule has 1 radical (unpaired) electrons. The molecular weight excluding hydrogens is 361 g/mol. The molecule has 0 aromatic rings. The van der Waals surface area contributed by atoms with Crippen LogP contribution in [0, 0.1) is 38.5 Å². The molecule has 0 aliphatic heterocycles. The molecule has 0 spiro atoms. The van der Waals surface area contributed by atoms with E-state index in [1.54, 1.807) is 0 Å². The summed E-state index contributed by atoms with van der Waals surface area (Å²) < 4.78 is 7.03. The molecule has 8 heteroatoms. The van der Waals surface area contributed by atoms with Crippen molar-refractivity contribution in [2.75, 3.05) is 0 Å². The van der Waals surface area contributed by atoms with E-state index in [1.165, 1.54) is 0 Å². The van der Waals surface area contributed by atoms with Gasteiger partial charge in [-0.15, -0.1) is 0 Å². The van der Waals surface area contributed by atoms with Crippen LogP contribution in [-0.4, -0.2) is 61.7 Å². The Morgan fingerprint density at radius 3 is 1.00 bits per heavy atom. The van der Waals surface area contributed by atoms with Gasteiger partial charge in [0.25, 0.3) is 0 Å². The van der Waals surface area contributed by atoms with Gasteiger partial charge in [0.05, 0.1) is 0 Å². The van der Waals surface area contributed by atoms with E-state index < -0.39 is 7.32 Å². The monoisotopic (exact) mass is 368 g/mol. The van der Waals surface area contributed by atoms with E-state index in [9.17, 15) is 0 Å². The first-order chi connectivity index (χ1) is 2.73. The molecule has 0 bridgehead atoms. The third-order valence-electron chi connectivity index (χ3n) is 0. The third kappa shape index (κ3) is 54.9. The van der Waals surface area contributed by atoms with Crippen molar-refractivity contribution < 1.29 is 87.8 Å². The second kappa shape index (κ2) is 22.4. The molecule has 0 rings (SSSR count). The molecule has 46 valence electrons. The van der Waals surface area contributed by atoms with Gasteiger partial charge in [-0.2, -0.15) is 0 Å². The van der Waals surface area contributed by atoms with Crippen LogP contribution in [0.3, 0.4) is 0 Å². The van der Waals surface area contributed by atoms with Crippen LogP contribution in [0.15, 0.2) is 0 Å². The van der Waals surface area contributed by atoms with E-state index >= 15 is 0 Å². The zero-order valence-electron chi connectivity index (χ0n) is 3.30. The smallest absolute Gasteiger partial charge is 0 e. The van der Waals surface area contributed by atoms with Crippen LogP contribution < -0.4 is 0 Å². The second-order valence-electron chi connectivity index (χ2n) is 0.346. The van der Waals surface area contributed by atoms with Gasteiger partial charge in [-0.05, 0) is 0 Å². The normalized spacial score (nSPS) is 4.12. The fourth-order valence-electron chi connectivity index (χ4n) is 0. The van der Waals surface area contributed by atoms with Gasteiger partial charge in [0, 0.05) is 32.7 Å². The number of hydrogen-bond donors (Lipinski definition) is 4. The Bertz CT molecular complexity index is 20.8. The second-order valence-corrected chi connectivity index (χ2v) is 0.346. The molecule has 4 nitrogen and oxygen atoms in total. The molecule has 4 N–H and O–H groups in total. The topological polar surface area (TPSA) is 80.9 Å². The van der Waals surface area contributed by atoms with Crippen LogP contribution in [0.1, 0.15) is 0 Å². The van der Waals surface area contributed by atoms with E-state index in [0.717, 1.165) is 38.5 Å². The average molecular weight is 367 g/mol. The summed E-state index contributed by atoms with van der Waals surface area (Å²) in [6.07, 6.45) is 0. The maximum atomic E-state index is 7.17. The summed E-state index contributed by atoms with van der Waals surface area (Å²) in [5.41, 5.74) is 0. The summed E-state index contributed by atoms with van der Waals surface area (Å²) >= 11 is 0.861. The van der Waals surface area contributed by atoms with Crippen molar-refractivity contribution in [1.29, 1.82) is 0 Å². The van der Waals surface area contributed by atoms with Crippen LogP contribution in [0.2, 0.25) is 0 Å². The first-order valence-corrected chi connectivity index (χ1v) is 1.95. The maximum absolute atomic E-state index is 7.17. The molecule has 0 aromatic heterocycles. The summed E-state index contributed by atoms with van der Waals surface area (Å²) in [4.78, 5) is 0. The molecule has 0 saturated carbocycles. The first-order valence-electron chi connectivity index (χ1n) is 0.933. The summed E-state index contributed by atoms with van der Waals surface area (Å²) in [6, 6.07) is 0. The molecular formula is H6BCaGdO4Y. The van der Waals surface area contributed by atoms with Crippen LogP contribution in [0.5, 0.6) is 0 Å². The standard InChI is InChI=1S/BH3O3.Ca.Gd.H2O.Y.2H/c2-1(3)4;;;;;;/h2-4H;;;1H2;;;/q;;+1;;;;/p-1. The van der Waals surface area contributed by atoms with Gasteiger partial charge in [0.15, 0.2) is 0 Å². The Labute approximate surface area is 129 Å². The van der Waals surface area contributed by atoms with Gasteiger partial charge in [-0.25, -0.2) is 0 Å². The van der Waals surface area contributed by atoms with E-state index in [0.29, 0.717) is 0 Å². The number of rotatable bonds is 0. The van der Waals surface area contributed by atoms with Crippen molar-refractivity contribution in [2.45, 2.75) is 0 Å². The fraction of sp³-hybridized carbons (Fsp3) is 0. The van der Waals surface area contributed by atoms with Gasteiger partial charge in [0.2, 0.25) is 0 Å². The van der Waals surface area contributed by atoms with Crippen LogP contribution in [0.4, 0.5) is 0 Å². The molecule has 0 aliphatic rings. The molecule has 0 fully saturated rings. The maximum Gasteiger partial charge on any atom is 0 e. The molecule has 0 atom stereocenters. The molecule has 0 aromatic carbocycles. The van der Waals surface area contributed by atoms with Gasteiger partial charge < -0.3 is 15.1 Å². The SMILES string of the molecule is OB(O)O.[CaH2].[OH][Gd].[Y]. The average Bonchev–Trinajstić information content (AvgIpc) is 1.41. The Hall–Kier alpha value is 3.59. The van der Waals surface area contributed by atoms with Gasteiger partial charge in [-0.1, -0.05) is 0 Å². The summed E-state index contributed by atoms with van der Waals surface area (Å²) in [7, 11) is -2.17. The predicted molar refractivity (Wildman–Crippen MR) is 23.2 cm³/mol. The minimum atomic E-state index is -2.17. The minimum Gasteiger partial charge on any atom is 0 e. The first kappa shape index (κ1) is 22.6. The third-order valence-corrected chi connectivity index (χ3v) is 0. The Balaban J connectivity index is -0.0000000183. The molecule has 8 heavy (non-hydrogen) atoms. The Morgan fingerprint density at radius 2 is 1.00 bits per heavy atom. The van der Waals surface area contributed by atoms with E-state index in [4.69, 9.17) is 16.6 Å². The van der Waals surface area contributed by atoms with Gasteiger partial charge in [-0.3, -0.25) is 0 Å². The Morgan fingerprint density at radius 1 is 1.00 bits per heavy atom. The van der Waals surface area contributed by atoms with Crippen LogP contribution in [-0.2, 0) is 32.7 Å². The summed E-state index contributed by atoms with van der Waals surface area (Å²) in [5, 5.41) is 21.5. The quantitative estimate of drug-likeness (QED) is 0.335. The number of hydrogen-bond acceptors (Lipinski definition) is 4. The van der Waals surface area contributed by atoms with E-state index in [1.807, 2.05) is 0 Å². The van der Waals surface area contributed by atoms with Crippen molar-refractivity contribution in [2.24, 2.45) is 0 Å². The zero-order valence-corrected chi connectivity index (χ0v) is 8.40. The Kier molecular flexibility index (Phi) is 63.3. The van der Waals surface area contributed by atoms with Crippen molar-refractivity contribution >= 4 is 45.1 Å². The molecule has 0 heterocycles. The van der Waals surface area contributed by atoms with Crippen molar-refractivity contribution in [1.82, 2.24) is 0 Å². The summed E-state index contributed by atoms with van der Waals surface area (Å²) in [6.45, 7) is 0. The van der Waals surface area contributed by atoms with Crippen LogP contribution >= 0.6 is 0 Å².